The first kappa shape index (κ1) is 11.3. The molecule has 0 aromatic heterocycles. The molecule has 1 aromatic rings. The number of ether oxygens (including phenoxy) is 1. The van der Waals surface area contributed by atoms with Gasteiger partial charge in [-0.15, -0.1) is 0 Å². The van der Waals surface area contributed by atoms with Crippen molar-refractivity contribution in [1.82, 2.24) is 0 Å². The molecule has 1 aromatic carbocycles. The van der Waals surface area contributed by atoms with Crippen LogP contribution in [0.5, 0.6) is 0 Å². The highest BCUT2D eigenvalue weighted by atomic mass is 79.9. The molecule has 0 spiro atoms. The maximum Gasteiger partial charge on any atom is 0.139 e. The monoisotopic (exact) mass is 262 g/mol. The van der Waals surface area contributed by atoms with E-state index in [0.717, 1.165) is 0 Å². The molecule has 1 rings (SSSR count). The summed E-state index contributed by atoms with van der Waals surface area (Å²) in [6.07, 6.45) is 0. The van der Waals surface area contributed by atoms with Crippen LogP contribution in [0.3, 0.4) is 0 Å². The predicted octanol–water partition coefficient (Wildman–Crippen LogP) is 2.23. The second kappa shape index (κ2) is 5.17. The van der Waals surface area contributed by atoms with Gasteiger partial charge in [-0.3, -0.25) is 0 Å². The van der Waals surface area contributed by atoms with Crippen LogP contribution in [-0.2, 0) is 4.74 Å². The van der Waals surface area contributed by atoms with Crippen molar-refractivity contribution < 1.29 is 9.13 Å². The average Bonchev–Trinajstić information content (AvgIpc) is 2.14. The molecule has 14 heavy (non-hydrogen) atoms. The third kappa shape index (κ3) is 2.85. The second-order valence-corrected chi connectivity index (χ2v) is 3.63. The van der Waals surface area contributed by atoms with Crippen LogP contribution in [0.2, 0.25) is 0 Å². The van der Waals surface area contributed by atoms with Crippen molar-refractivity contribution in [3.05, 3.63) is 22.4 Å². The number of nitrogen functional groups attached to an aromatic ring is 1. The zero-order valence-corrected chi connectivity index (χ0v) is 9.40. The number of rotatable bonds is 4. The van der Waals surface area contributed by atoms with E-state index in [1.54, 1.807) is 7.11 Å². The Labute approximate surface area is 90.6 Å². The number of methoxy groups -OCH3 is 1. The SMILES string of the molecule is COCCNc1cc(F)c(Br)cc1N. The number of hydrogen-bond acceptors (Lipinski definition) is 3. The lowest BCUT2D eigenvalue weighted by atomic mass is 10.2. The van der Waals surface area contributed by atoms with Gasteiger partial charge in [0, 0.05) is 19.7 Å². The summed E-state index contributed by atoms with van der Waals surface area (Å²) < 4.78 is 18.3. The van der Waals surface area contributed by atoms with Crippen LogP contribution >= 0.6 is 15.9 Å². The molecule has 0 aliphatic carbocycles. The van der Waals surface area contributed by atoms with Crippen molar-refractivity contribution in [2.24, 2.45) is 0 Å². The molecule has 5 heteroatoms. The molecule has 0 fully saturated rings. The van der Waals surface area contributed by atoms with E-state index in [4.69, 9.17) is 10.5 Å². The van der Waals surface area contributed by atoms with E-state index in [1.165, 1.54) is 12.1 Å². The van der Waals surface area contributed by atoms with E-state index in [9.17, 15) is 4.39 Å². The third-order valence-corrected chi connectivity index (χ3v) is 2.32. The van der Waals surface area contributed by atoms with Crippen LogP contribution < -0.4 is 11.1 Å². The van der Waals surface area contributed by atoms with Crippen molar-refractivity contribution in [2.75, 3.05) is 31.3 Å². The van der Waals surface area contributed by atoms with Gasteiger partial charge in [0.2, 0.25) is 0 Å². The summed E-state index contributed by atoms with van der Waals surface area (Å²) in [6.45, 7) is 1.15. The normalized spacial score (nSPS) is 10.2. The molecule has 0 aliphatic rings. The average molecular weight is 263 g/mol. The summed E-state index contributed by atoms with van der Waals surface area (Å²) in [5.74, 6) is -0.334. The van der Waals surface area contributed by atoms with E-state index in [0.29, 0.717) is 29.0 Å². The Morgan fingerprint density at radius 3 is 2.93 bits per heavy atom. The molecule has 78 valence electrons. The molecule has 0 bridgehead atoms. The number of hydrogen-bond donors (Lipinski definition) is 2. The number of anilines is 2. The van der Waals surface area contributed by atoms with E-state index >= 15 is 0 Å². The van der Waals surface area contributed by atoms with Crippen molar-refractivity contribution in [3.8, 4) is 0 Å². The first-order valence-electron chi connectivity index (χ1n) is 4.12. The van der Waals surface area contributed by atoms with Gasteiger partial charge in [0.05, 0.1) is 22.5 Å². The van der Waals surface area contributed by atoms with E-state index in [2.05, 4.69) is 21.2 Å². The molecule has 0 amide bonds. The lowest BCUT2D eigenvalue weighted by molar-refractivity contribution is 0.211. The Hall–Kier alpha value is -0.810. The summed E-state index contributed by atoms with van der Waals surface area (Å²) in [6, 6.07) is 2.89. The summed E-state index contributed by atoms with van der Waals surface area (Å²) in [5, 5.41) is 2.97. The highest BCUT2D eigenvalue weighted by molar-refractivity contribution is 9.10. The van der Waals surface area contributed by atoms with Gasteiger partial charge in [-0.25, -0.2) is 4.39 Å². The Bertz CT molecular complexity index is 320. The molecule has 0 atom stereocenters. The van der Waals surface area contributed by atoms with Crippen LogP contribution in [0.15, 0.2) is 16.6 Å². The standard InChI is InChI=1S/C9H12BrFN2O/c1-14-3-2-13-9-5-7(11)6(10)4-8(9)12/h4-5,13H,2-3,12H2,1H3. The quantitative estimate of drug-likeness (QED) is 0.646. The minimum absolute atomic E-state index is 0.334. The lowest BCUT2D eigenvalue weighted by Gasteiger charge is -2.09. The van der Waals surface area contributed by atoms with E-state index < -0.39 is 0 Å². The second-order valence-electron chi connectivity index (χ2n) is 2.77. The van der Waals surface area contributed by atoms with Crippen molar-refractivity contribution >= 4 is 27.3 Å². The fraction of sp³-hybridized carbons (Fsp3) is 0.333. The van der Waals surface area contributed by atoms with Gasteiger partial charge in [-0.05, 0) is 22.0 Å². The fourth-order valence-electron chi connectivity index (χ4n) is 1.00. The largest absolute Gasteiger partial charge is 0.397 e. The number of benzene rings is 1. The molecular weight excluding hydrogens is 251 g/mol. The van der Waals surface area contributed by atoms with Crippen LogP contribution in [0.25, 0.3) is 0 Å². The van der Waals surface area contributed by atoms with Crippen molar-refractivity contribution in [1.29, 1.82) is 0 Å². The zero-order valence-electron chi connectivity index (χ0n) is 7.81. The number of nitrogens with one attached hydrogen (secondary N) is 1. The van der Waals surface area contributed by atoms with Gasteiger partial charge < -0.3 is 15.8 Å². The van der Waals surface area contributed by atoms with Gasteiger partial charge in [0.15, 0.2) is 0 Å². The van der Waals surface area contributed by atoms with Gasteiger partial charge in [0.1, 0.15) is 5.82 Å². The van der Waals surface area contributed by atoms with Gasteiger partial charge >= 0.3 is 0 Å². The van der Waals surface area contributed by atoms with Crippen LogP contribution in [0.1, 0.15) is 0 Å². The van der Waals surface area contributed by atoms with Gasteiger partial charge in [0.25, 0.3) is 0 Å². The predicted molar refractivity (Wildman–Crippen MR) is 58.9 cm³/mol. The Balaban J connectivity index is 2.72. The number of halogens is 2. The van der Waals surface area contributed by atoms with Crippen molar-refractivity contribution in [2.45, 2.75) is 0 Å². The summed E-state index contributed by atoms with van der Waals surface area (Å²) >= 11 is 3.05. The van der Waals surface area contributed by atoms with Crippen LogP contribution in [0.4, 0.5) is 15.8 Å². The molecule has 0 unspecified atom stereocenters. The highest BCUT2D eigenvalue weighted by Gasteiger charge is 2.04. The zero-order chi connectivity index (χ0) is 10.6. The van der Waals surface area contributed by atoms with Gasteiger partial charge in [-0.1, -0.05) is 0 Å². The molecule has 3 N–H and O–H groups in total. The Morgan fingerprint density at radius 1 is 1.57 bits per heavy atom. The van der Waals surface area contributed by atoms with E-state index in [-0.39, 0.29) is 5.82 Å². The summed E-state index contributed by atoms with van der Waals surface area (Å²) in [5.41, 5.74) is 6.77. The summed E-state index contributed by atoms with van der Waals surface area (Å²) in [7, 11) is 1.60. The minimum Gasteiger partial charge on any atom is -0.397 e. The Kier molecular flexibility index (Phi) is 4.16. The molecular formula is C9H12BrFN2O. The fourth-order valence-corrected chi connectivity index (χ4v) is 1.36. The third-order valence-electron chi connectivity index (χ3n) is 1.71. The maximum absolute atomic E-state index is 13.1. The van der Waals surface area contributed by atoms with E-state index in [1.807, 2.05) is 0 Å². The van der Waals surface area contributed by atoms with Crippen LogP contribution in [-0.4, -0.2) is 20.3 Å². The topological polar surface area (TPSA) is 47.3 Å². The first-order valence-corrected chi connectivity index (χ1v) is 4.91. The Morgan fingerprint density at radius 2 is 2.29 bits per heavy atom. The molecule has 0 saturated heterocycles. The summed E-state index contributed by atoms with van der Waals surface area (Å²) in [4.78, 5) is 0. The smallest absolute Gasteiger partial charge is 0.139 e. The first-order chi connectivity index (χ1) is 6.65. The van der Waals surface area contributed by atoms with Crippen LogP contribution in [0, 0.1) is 5.82 Å². The number of nitrogens with two attached hydrogens (primary N) is 1. The molecule has 0 aliphatic heterocycles. The molecule has 0 saturated carbocycles. The lowest BCUT2D eigenvalue weighted by Crippen LogP contribution is -2.09. The molecule has 3 nitrogen and oxygen atoms in total. The molecule has 0 heterocycles. The maximum atomic E-state index is 13.1. The molecule has 0 radical (unpaired) electrons. The van der Waals surface area contributed by atoms with Gasteiger partial charge in [-0.2, -0.15) is 0 Å². The van der Waals surface area contributed by atoms with Crippen molar-refractivity contribution in [3.63, 3.8) is 0 Å². The minimum atomic E-state index is -0.334. The highest BCUT2D eigenvalue weighted by Crippen LogP contribution is 2.26.